The number of hydrogen-bond acceptors (Lipinski definition) is 5. The molecule has 45 heavy (non-hydrogen) atoms. The fourth-order valence-corrected chi connectivity index (χ4v) is 4.81. The Bertz CT molecular complexity index is 808. The number of rotatable bonds is 32. The van der Waals surface area contributed by atoms with Crippen LogP contribution in [0, 0.1) is 0 Å². The third-order valence-electron chi connectivity index (χ3n) is 7.58. The van der Waals surface area contributed by atoms with Crippen LogP contribution in [0.1, 0.15) is 162 Å². The average molecular weight is 629 g/mol. The highest BCUT2D eigenvalue weighted by atomic mass is 16.6. The van der Waals surface area contributed by atoms with E-state index in [0.29, 0.717) is 12.8 Å². The number of esters is 2. The number of aliphatic hydroxyl groups is 1. The van der Waals surface area contributed by atoms with Crippen LogP contribution in [0.3, 0.4) is 0 Å². The molecule has 0 aromatic carbocycles. The van der Waals surface area contributed by atoms with E-state index in [1.165, 1.54) is 57.8 Å². The maximum atomic E-state index is 12.1. The molecular formula is C40H68O5. The van der Waals surface area contributed by atoms with Gasteiger partial charge in [-0.15, -0.1) is 0 Å². The summed E-state index contributed by atoms with van der Waals surface area (Å²) in [6, 6.07) is 0. The van der Waals surface area contributed by atoms with E-state index < -0.39 is 6.10 Å². The Labute approximate surface area is 277 Å². The largest absolute Gasteiger partial charge is 0.462 e. The first-order valence-electron chi connectivity index (χ1n) is 18.3. The summed E-state index contributed by atoms with van der Waals surface area (Å²) < 4.78 is 10.6. The Kier molecular flexibility index (Phi) is 34.1. The highest BCUT2D eigenvalue weighted by molar-refractivity contribution is 5.70. The van der Waals surface area contributed by atoms with Crippen LogP contribution in [0.4, 0.5) is 0 Å². The van der Waals surface area contributed by atoms with E-state index in [2.05, 4.69) is 74.6 Å². The van der Waals surface area contributed by atoms with Gasteiger partial charge in [-0.1, -0.05) is 152 Å². The number of carbonyl (C=O) groups excluding carboxylic acids is 2. The van der Waals surface area contributed by atoms with Crippen LogP contribution in [0.15, 0.2) is 60.8 Å². The Hall–Kier alpha value is -2.40. The van der Waals surface area contributed by atoms with Crippen LogP contribution in [-0.4, -0.2) is 36.4 Å². The average Bonchev–Trinajstić information content (AvgIpc) is 3.04. The molecule has 0 radical (unpaired) electrons. The fourth-order valence-electron chi connectivity index (χ4n) is 4.81. The summed E-state index contributed by atoms with van der Waals surface area (Å²) in [5, 5.41) is 9.52. The zero-order valence-electron chi connectivity index (χ0n) is 29.1. The van der Waals surface area contributed by atoms with Crippen LogP contribution in [0.25, 0.3) is 0 Å². The first-order valence-corrected chi connectivity index (χ1v) is 18.3. The van der Waals surface area contributed by atoms with Gasteiger partial charge in [0, 0.05) is 12.8 Å². The third-order valence-corrected chi connectivity index (χ3v) is 7.58. The molecule has 1 N–H and O–H groups in total. The maximum Gasteiger partial charge on any atom is 0.306 e. The highest BCUT2D eigenvalue weighted by Crippen LogP contribution is 2.13. The van der Waals surface area contributed by atoms with Crippen molar-refractivity contribution < 1.29 is 24.2 Å². The summed E-state index contributed by atoms with van der Waals surface area (Å²) in [5.41, 5.74) is 0. The Balaban J connectivity index is 3.66. The first kappa shape index (κ1) is 42.6. The molecule has 0 rings (SSSR count). The van der Waals surface area contributed by atoms with Gasteiger partial charge >= 0.3 is 11.9 Å². The fraction of sp³-hybridized carbons (Fsp3) is 0.700. The van der Waals surface area contributed by atoms with Gasteiger partial charge in [-0.05, 0) is 57.8 Å². The van der Waals surface area contributed by atoms with Gasteiger partial charge in [-0.2, -0.15) is 0 Å². The standard InChI is InChI=1S/C40H68O5/c1-3-5-7-9-11-13-15-17-18-19-20-21-22-23-25-26-28-30-32-34-39(42)44-37-38(36-41)45-40(43)35-33-31-29-27-24-16-14-12-10-8-6-4-2/h5,7,11,13,17-18,20-21,23,25,38,41H,3-4,6,8-10,12,14-16,19,22,24,26-37H2,1-2H3/b7-5-,13-11-,18-17-,21-20-,25-23-/t38-/m0/s1. The molecule has 5 heteroatoms. The van der Waals surface area contributed by atoms with Crippen molar-refractivity contribution in [1.29, 1.82) is 0 Å². The molecule has 0 amide bonds. The van der Waals surface area contributed by atoms with E-state index >= 15 is 0 Å². The summed E-state index contributed by atoms with van der Waals surface area (Å²) >= 11 is 0. The second-order valence-electron chi connectivity index (χ2n) is 11.9. The van der Waals surface area contributed by atoms with E-state index in [1.54, 1.807) is 0 Å². The summed E-state index contributed by atoms with van der Waals surface area (Å²) in [7, 11) is 0. The van der Waals surface area contributed by atoms with Crippen LogP contribution in [0.2, 0.25) is 0 Å². The molecule has 5 nitrogen and oxygen atoms in total. The van der Waals surface area contributed by atoms with Gasteiger partial charge in [0.2, 0.25) is 0 Å². The third kappa shape index (κ3) is 34.3. The van der Waals surface area contributed by atoms with Crippen molar-refractivity contribution in [3.63, 3.8) is 0 Å². The number of unbranched alkanes of at least 4 members (excludes halogenated alkanes) is 14. The maximum absolute atomic E-state index is 12.1. The van der Waals surface area contributed by atoms with E-state index in [-0.39, 0.29) is 25.2 Å². The molecule has 0 saturated heterocycles. The van der Waals surface area contributed by atoms with Crippen LogP contribution >= 0.6 is 0 Å². The predicted molar refractivity (Wildman–Crippen MR) is 191 cm³/mol. The first-order chi connectivity index (χ1) is 22.1. The quantitative estimate of drug-likeness (QED) is 0.0456. The number of ether oxygens (including phenoxy) is 2. The van der Waals surface area contributed by atoms with Gasteiger partial charge in [0.1, 0.15) is 6.61 Å². The second kappa shape index (κ2) is 36.1. The lowest BCUT2D eigenvalue weighted by Crippen LogP contribution is -2.28. The van der Waals surface area contributed by atoms with Crippen molar-refractivity contribution in [2.75, 3.05) is 13.2 Å². The van der Waals surface area contributed by atoms with Crippen LogP contribution in [-0.2, 0) is 19.1 Å². The molecule has 1 atom stereocenters. The minimum absolute atomic E-state index is 0.0838. The number of aliphatic hydroxyl groups excluding tert-OH is 1. The van der Waals surface area contributed by atoms with Crippen molar-refractivity contribution in [1.82, 2.24) is 0 Å². The van der Waals surface area contributed by atoms with E-state index in [0.717, 1.165) is 77.0 Å². The lowest BCUT2D eigenvalue weighted by molar-refractivity contribution is -0.161. The molecule has 0 aromatic rings. The lowest BCUT2D eigenvalue weighted by Gasteiger charge is -2.15. The van der Waals surface area contributed by atoms with E-state index in [1.807, 2.05) is 0 Å². The molecule has 0 bridgehead atoms. The monoisotopic (exact) mass is 629 g/mol. The van der Waals surface area contributed by atoms with Gasteiger partial charge in [0.15, 0.2) is 6.10 Å². The molecule has 0 unspecified atom stereocenters. The van der Waals surface area contributed by atoms with Crippen molar-refractivity contribution in [2.24, 2.45) is 0 Å². The van der Waals surface area contributed by atoms with E-state index in [9.17, 15) is 14.7 Å². The van der Waals surface area contributed by atoms with Gasteiger partial charge in [-0.3, -0.25) is 9.59 Å². The zero-order valence-corrected chi connectivity index (χ0v) is 29.1. The van der Waals surface area contributed by atoms with Gasteiger partial charge in [0.05, 0.1) is 6.61 Å². The second-order valence-corrected chi connectivity index (χ2v) is 11.9. The molecule has 0 fully saturated rings. The van der Waals surface area contributed by atoms with Crippen molar-refractivity contribution >= 4 is 11.9 Å². The van der Waals surface area contributed by atoms with Crippen LogP contribution < -0.4 is 0 Å². The zero-order chi connectivity index (χ0) is 32.9. The number of allylic oxidation sites excluding steroid dienone is 10. The lowest BCUT2D eigenvalue weighted by atomic mass is 10.0. The van der Waals surface area contributed by atoms with E-state index in [4.69, 9.17) is 9.47 Å². The SMILES string of the molecule is CC/C=C\C/C=C\C/C=C\C/C=C\C/C=C\CCCCCC(=O)OC[C@H](CO)OC(=O)CCCCCCCCCCCCCC. The predicted octanol–water partition coefficient (Wildman–Crippen LogP) is 11.2. The number of hydrogen-bond donors (Lipinski definition) is 1. The highest BCUT2D eigenvalue weighted by Gasteiger charge is 2.16. The molecule has 0 spiro atoms. The van der Waals surface area contributed by atoms with Crippen molar-refractivity contribution in [3.05, 3.63) is 60.8 Å². The summed E-state index contributed by atoms with van der Waals surface area (Å²) in [4.78, 5) is 24.2. The summed E-state index contributed by atoms with van der Waals surface area (Å²) in [6.45, 7) is 3.97. The molecule has 0 aliphatic rings. The van der Waals surface area contributed by atoms with Crippen LogP contribution in [0.5, 0.6) is 0 Å². The molecule has 258 valence electrons. The Morgan fingerprint density at radius 2 is 0.956 bits per heavy atom. The minimum atomic E-state index is -0.783. The normalized spacial score (nSPS) is 12.9. The van der Waals surface area contributed by atoms with Gasteiger partial charge in [-0.25, -0.2) is 0 Å². The van der Waals surface area contributed by atoms with Gasteiger partial charge in [0.25, 0.3) is 0 Å². The molecule has 0 saturated carbocycles. The minimum Gasteiger partial charge on any atom is -0.462 e. The molecule has 0 aliphatic heterocycles. The summed E-state index contributed by atoms with van der Waals surface area (Å²) in [6.07, 6.45) is 45.6. The molecule has 0 heterocycles. The Morgan fingerprint density at radius 1 is 0.533 bits per heavy atom. The number of carbonyl (C=O) groups is 2. The van der Waals surface area contributed by atoms with Gasteiger partial charge < -0.3 is 14.6 Å². The van der Waals surface area contributed by atoms with Crippen molar-refractivity contribution in [2.45, 2.75) is 168 Å². The Morgan fingerprint density at radius 3 is 1.44 bits per heavy atom. The smallest absolute Gasteiger partial charge is 0.306 e. The molecule has 0 aliphatic carbocycles. The summed E-state index contributed by atoms with van der Waals surface area (Å²) in [5.74, 6) is -0.632. The molecule has 0 aromatic heterocycles. The topological polar surface area (TPSA) is 72.8 Å². The van der Waals surface area contributed by atoms with Crippen molar-refractivity contribution in [3.8, 4) is 0 Å². The molecular weight excluding hydrogens is 560 g/mol.